The highest BCUT2D eigenvalue weighted by Crippen LogP contribution is 2.28. The first-order valence-electron chi connectivity index (χ1n) is 18.0. The molecule has 2 aromatic heterocycles. The number of carbonyl (C=O) groups is 2. The lowest BCUT2D eigenvalue weighted by Gasteiger charge is -2.35. The number of hydrogen-bond donors (Lipinski definition) is 2. The first kappa shape index (κ1) is 39.2. The number of β-amino-alcohol motifs (C(OH)–C–C–N with tert-alkyl or cyclic N) is 1. The van der Waals surface area contributed by atoms with Crippen molar-refractivity contribution in [2.45, 2.75) is 58.9 Å². The fourth-order valence-corrected chi connectivity index (χ4v) is 6.18. The van der Waals surface area contributed by atoms with Crippen LogP contribution >= 0.6 is 0 Å². The Morgan fingerprint density at radius 3 is 2.37 bits per heavy atom. The summed E-state index contributed by atoms with van der Waals surface area (Å²) in [6.07, 6.45) is 1.67. The van der Waals surface area contributed by atoms with Crippen LogP contribution in [0.3, 0.4) is 0 Å². The van der Waals surface area contributed by atoms with Crippen molar-refractivity contribution in [3.05, 3.63) is 42.2 Å². The summed E-state index contributed by atoms with van der Waals surface area (Å²) in [5, 5.41) is 12.8. The highest BCUT2D eigenvalue weighted by Gasteiger charge is 2.40. The number of likely N-dealkylation sites (tertiary alicyclic amines) is 1. The van der Waals surface area contributed by atoms with E-state index in [1.54, 1.807) is 18.2 Å². The third kappa shape index (κ3) is 11.2. The Bertz CT molecular complexity index is 1570. The largest absolute Gasteiger partial charge is 0.495 e. The quantitative estimate of drug-likeness (QED) is 0.184. The van der Waals surface area contributed by atoms with Gasteiger partial charge >= 0.3 is 0 Å². The fourth-order valence-electron chi connectivity index (χ4n) is 6.18. The molecule has 286 valence electrons. The second-order valence-corrected chi connectivity index (χ2v) is 14.3. The molecule has 2 N–H and O–H groups in total. The van der Waals surface area contributed by atoms with Gasteiger partial charge in [0.05, 0.1) is 58.1 Å². The Hall–Kier alpha value is -4.02. The van der Waals surface area contributed by atoms with Gasteiger partial charge in [-0.25, -0.2) is 0 Å². The van der Waals surface area contributed by atoms with Crippen LogP contribution < -0.4 is 19.7 Å². The molecular formula is C37H54N6O9. The number of hydrogen-bond acceptors (Lipinski definition) is 13. The van der Waals surface area contributed by atoms with Crippen molar-refractivity contribution in [3.63, 3.8) is 0 Å². The number of nitrogens with zero attached hydrogens (tertiary/aromatic N) is 5. The second kappa shape index (κ2) is 18.6. The number of ether oxygens (including phenoxy) is 5. The lowest BCUT2D eigenvalue weighted by atomic mass is 9.85. The number of pyridine rings is 1. The van der Waals surface area contributed by atoms with Crippen LogP contribution in [0.4, 0.5) is 6.01 Å². The SMILES string of the molecule is COc1ccc(COc2ccc3oc(N4CCN(CCOCCOCCOCC(=O)N[C@H](C(=O)N5C[C@H](O)C[C@H]5C)C(C)(C)C)CC4)nc3c2)nc1. The molecule has 2 aliphatic rings. The van der Waals surface area contributed by atoms with Gasteiger partial charge in [-0.3, -0.25) is 19.5 Å². The van der Waals surface area contributed by atoms with Crippen molar-refractivity contribution >= 4 is 28.9 Å². The summed E-state index contributed by atoms with van der Waals surface area (Å²) >= 11 is 0. The molecule has 1 aromatic carbocycles. The van der Waals surface area contributed by atoms with E-state index in [1.165, 1.54) is 0 Å². The van der Waals surface area contributed by atoms with Gasteiger partial charge in [-0.2, -0.15) is 4.98 Å². The number of benzene rings is 1. The molecule has 2 aliphatic heterocycles. The highest BCUT2D eigenvalue weighted by molar-refractivity contribution is 5.89. The van der Waals surface area contributed by atoms with Gasteiger partial charge in [0.2, 0.25) is 11.8 Å². The molecule has 2 fully saturated rings. The number of carbonyl (C=O) groups excluding carboxylic acids is 2. The Labute approximate surface area is 305 Å². The Balaban J connectivity index is 0.898. The molecule has 0 unspecified atom stereocenters. The molecule has 0 aliphatic carbocycles. The molecule has 15 nitrogen and oxygen atoms in total. The molecular weight excluding hydrogens is 672 g/mol. The standard InChI is InChI=1S/C37H54N6O9/c1-26-20-28(44)23-43(26)35(46)34(37(2,3)4)40-33(45)25-50-19-18-49-17-16-48-15-14-41-10-12-42(13-11-41)36-39-31-21-29(8-9-32(31)52-36)51-24-27-6-7-30(47-5)22-38-27/h6-9,21-22,26,28,34,44H,10-20,23-25H2,1-5H3,(H,40,45)/t26-,28-,34-/m1/s1. The van der Waals surface area contributed by atoms with Crippen molar-refractivity contribution in [1.29, 1.82) is 0 Å². The van der Waals surface area contributed by atoms with E-state index < -0.39 is 17.6 Å². The molecule has 5 rings (SSSR count). The summed E-state index contributed by atoms with van der Waals surface area (Å²) < 4.78 is 33.9. The van der Waals surface area contributed by atoms with Gasteiger partial charge in [0, 0.05) is 51.4 Å². The smallest absolute Gasteiger partial charge is 0.298 e. The Kier molecular flexibility index (Phi) is 14.1. The Morgan fingerprint density at radius 2 is 1.71 bits per heavy atom. The number of piperazine rings is 1. The lowest BCUT2D eigenvalue weighted by Crippen LogP contribution is -2.56. The van der Waals surface area contributed by atoms with Crippen LogP contribution in [0, 0.1) is 5.41 Å². The fraction of sp³-hybridized carbons (Fsp3) is 0.622. The van der Waals surface area contributed by atoms with E-state index >= 15 is 0 Å². The van der Waals surface area contributed by atoms with Gasteiger partial charge in [0.1, 0.15) is 36.3 Å². The minimum Gasteiger partial charge on any atom is -0.495 e. The van der Waals surface area contributed by atoms with E-state index in [0.717, 1.165) is 43.9 Å². The van der Waals surface area contributed by atoms with Gasteiger partial charge in [-0.1, -0.05) is 20.8 Å². The van der Waals surface area contributed by atoms with Gasteiger partial charge in [-0.05, 0) is 43.0 Å². The maximum Gasteiger partial charge on any atom is 0.298 e. The third-order valence-corrected chi connectivity index (χ3v) is 9.19. The third-order valence-electron chi connectivity index (χ3n) is 9.19. The van der Waals surface area contributed by atoms with E-state index in [1.807, 2.05) is 58.0 Å². The number of oxazole rings is 1. The Morgan fingerprint density at radius 1 is 1.00 bits per heavy atom. The van der Waals surface area contributed by atoms with Crippen LogP contribution in [-0.2, 0) is 30.4 Å². The van der Waals surface area contributed by atoms with Crippen LogP contribution in [0.25, 0.3) is 11.1 Å². The first-order chi connectivity index (χ1) is 25.0. The summed E-state index contributed by atoms with van der Waals surface area (Å²) in [4.78, 5) is 40.9. The number of rotatable bonds is 18. The minimum absolute atomic E-state index is 0.0713. The predicted octanol–water partition coefficient (Wildman–Crippen LogP) is 2.49. The van der Waals surface area contributed by atoms with Crippen molar-refractivity contribution in [2.75, 3.05) is 90.9 Å². The number of methoxy groups -OCH3 is 1. The minimum atomic E-state index is -0.715. The van der Waals surface area contributed by atoms with E-state index in [4.69, 9.17) is 33.1 Å². The number of aliphatic hydroxyl groups excluding tert-OH is 1. The van der Waals surface area contributed by atoms with Crippen LogP contribution in [0.2, 0.25) is 0 Å². The summed E-state index contributed by atoms with van der Waals surface area (Å²) in [6.45, 7) is 14.3. The second-order valence-electron chi connectivity index (χ2n) is 14.3. The van der Waals surface area contributed by atoms with Crippen molar-refractivity contribution < 1.29 is 42.8 Å². The van der Waals surface area contributed by atoms with Crippen molar-refractivity contribution in [3.8, 4) is 11.5 Å². The lowest BCUT2D eigenvalue weighted by molar-refractivity contribution is -0.141. The zero-order chi connectivity index (χ0) is 37.1. The van der Waals surface area contributed by atoms with Gasteiger partial charge in [0.15, 0.2) is 5.58 Å². The summed E-state index contributed by atoms with van der Waals surface area (Å²) in [5.41, 5.74) is 1.77. The molecule has 15 heteroatoms. The number of fused-ring (bicyclic) bond motifs is 1. The van der Waals surface area contributed by atoms with Gasteiger partial charge < -0.3 is 48.3 Å². The summed E-state index contributed by atoms with van der Waals surface area (Å²) in [6, 6.07) is 9.19. The molecule has 3 aromatic rings. The maximum absolute atomic E-state index is 13.2. The number of aromatic nitrogens is 2. The van der Waals surface area contributed by atoms with Crippen molar-refractivity contribution in [1.82, 2.24) is 25.1 Å². The molecule has 0 saturated carbocycles. The van der Waals surface area contributed by atoms with Crippen molar-refractivity contribution in [2.24, 2.45) is 5.41 Å². The van der Waals surface area contributed by atoms with Gasteiger partial charge in [0.25, 0.3) is 6.01 Å². The topological polar surface area (TPSA) is 161 Å². The van der Waals surface area contributed by atoms with E-state index in [-0.39, 0.29) is 37.6 Å². The summed E-state index contributed by atoms with van der Waals surface area (Å²) in [7, 11) is 1.61. The van der Waals surface area contributed by atoms with Crippen LogP contribution in [-0.4, -0.2) is 141 Å². The maximum atomic E-state index is 13.2. The monoisotopic (exact) mass is 726 g/mol. The first-order valence-corrected chi connectivity index (χ1v) is 18.0. The number of nitrogens with one attached hydrogen (secondary N) is 1. The molecule has 2 saturated heterocycles. The molecule has 0 radical (unpaired) electrons. The highest BCUT2D eigenvalue weighted by atomic mass is 16.5. The number of anilines is 1. The average Bonchev–Trinajstić information content (AvgIpc) is 3.71. The van der Waals surface area contributed by atoms with E-state index in [2.05, 4.69) is 20.1 Å². The van der Waals surface area contributed by atoms with Crippen LogP contribution in [0.5, 0.6) is 11.5 Å². The number of aliphatic hydroxyl groups is 1. The molecule has 0 bridgehead atoms. The zero-order valence-electron chi connectivity index (χ0n) is 31.0. The van der Waals surface area contributed by atoms with E-state index in [0.29, 0.717) is 62.6 Å². The molecule has 4 heterocycles. The summed E-state index contributed by atoms with van der Waals surface area (Å²) in [5.74, 6) is 0.856. The molecule has 3 atom stereocenters. The van der Waals surface area contributed by atoms with E-state index in [9.17, 15) is 14.7 Å². The van der Waals surface area contributed by atoms with Crippen LogP contribution in [0.1, 0.15) is 39.8 Å². The zero-order valence-corrected chi connectivity index (χ0v) is 31.0. The molecule has 52 heavy (non-hydrogen) atoms. The predicted molar refractivity (Wildman–Crippen MR) is 193 cm³/mol. The average molecular weight is 727 g/mol. The van der Waals surface area contributed by atoms with Gasteiger partial charge in [-0.15, -0.1) is 0 Å². The van der Waals surface area contributed by atoms with Crippen LogP contribution in [0.15, 0.2) is 40.9 Å². The molecule has 2 amide bonds. The number of amides is 2. The normalized spacial score (nSPS) is 18.9. The molecule has 0 spiro atoms.